The molecule has 1 aromatic heterocycles. The Kier molecular flexibility index (Phi) is 2.82. The van der Waals surface area contributed by atoms with Crippen molar-refractivity contribution in [3.63, 3.8) is 0 Å². The maximum Gasteiger partial charge on any atom is 0.138 e. The molecule has 2 heterocycles. The Labute approximate surface area is 89.9 Å². The zero-order chi connectivity index (χ0) is 10.8. The Balaban J connectivity index is 2.12. The molecule has 0 aliphatic carbocycles. The van der Waals surface area contributed by atoms with E-state index >= 15 is 0 Å². The van der Waals surface area contributed by atoms with Crippen LogP contribution in [-0.4, -0.2) is 17.3 Å². The highest BCUT2D eigenvalue weighted by Crippen LogP contribution is 2.22. The summed E-state index contributed by atoms with van der Waals surface area (Å²) in [5, 5.41) is 3.37. The number of hydrogen-bond donors (Lipinski definition) is 1. The third-order valence-corrected chi connectivity index (χ3v) is 2.96. The number of carbonyl (C=O) groups excluding carboxylic acids is 1. The lowest BCUT2D eigenvalue weighted by Crippen LogP contribution is -2.38. The molecule has 2 atom stereocenters. The first-order valence-corrected chi connectivity index (χ1v) is 5.35. The van der Waals surface area contributed by atoms with Crippen molar-refractivity contribution < 1.29 is 4.79 Å². The molecule has 3 nitrogen and oxygen atoms in total. The Bertz CT molecular complexity index is 358. The number of pyridine rings is 1. The SMILES string of the molecule is Cc1ccc([C@@H]2CC(=O)C(C)CN2)cn1. The lowest BCUT2D eigenvalue weighted by Gasteiger charge is -2.26. The minimum Gasteiger partial charge on any atom is -0.309 e. The maximum absolute atomic E-state index is 11.6. The molecule has 1 aliphatic rings. The van der Waals surface area contributed by atoms with Gasteiger partial charge >= 0.3 is 0 Å². The smallest absolute Gasteiger partial charge is 0.138 e. The molecule has 1 unspecified atom stereocenters. The minimum atomic E-state index is 0.152. The number of nitrogens with one attached hydrogen (secondary N) is 1. The van der Waals surface area contributed by atoms with Gasteiger partial charge in [0.1, 0.15) is 5.78 Å². The van der Waals surface area contributed by atoms with Crippen LogP contribution in [0.2, 0.25) is 0 Å². The molecule has 15 heavy (non-hydrogen) atoms. The number of ketones is 1. The summed E-state index contributed by atoms with van der Waals surface area (Å²) >= 11 is 0. The molecule has 1 fully saturated rings. The van der Waals surface area contributed by atoms with Crippen molar-refractivity contribution in [1.29, 1.82) is 0 Å². The molecule has 0 bridgehead atoms. The van der Waals surface area contributed by atoms with E-state index in [0.717, 1.165) is 17.8 Å². The molecular weight excluding hydrogens is 188 g/mol. The van der Waals surface area contributed by atoms with E-state index < -0.39 is 0 Å². The largest absolute Gasteiger partial charge is 0.309 e. The predicted octanol–water partition coefficient (Wildman–Crippen LogP) is 1.63. The Morgan fingerprint density at radius 2 is 2.27 bits per heavy atom. The lowest BCUT2D eigenvalue weighted by molar-refractivity contribution is -0.124. The Morgan fingerprint density at radius 1 is 1.47 bits per heavy atom. The normalized spacial score (nSPS) is 26.7. The number of aryl methyl sites for hydroxylation is 1. The number of carbonyl (C=O) groups is 1. The van der Waals surface area contributed by atoms with Crippen molar-refractivity contribution in [2.75, 3.05) is 6.54 Å². The summed E-state index contributed by atoms with van der Waals surface area (Å²) in [4.78, 5) is 15.8. The summed E-state index contributed by atoms with van der Waals surface area (Å²) < 4.78 is 0. The van der Waals surface area contributed by atoms with Crippen molar-refractivity contribution >= 4 is 5.78 Å². The summed E-state index contributed by atoms with van der Waals surface area (Å²) in [6.45, 7) is 4.71. The van der Waals surface area contributed by atoms with E-state index in [1.54, 1.807) is 0 Å². The fourth-order valence-electron chi connectivity index (χ4n) is 1.83. The summed E-state index contributed by atoms with van der Waals surface area (Å²) in [6.07, 6.45) is 2.45. The summed E-state index contributed by atoms with van der Waals surface area (Å²) in [6, 6.07) is 4.18. The van der Waals surface area contributed by atoms with Gasteiger partial charge < -0.3 is 5.32 Å². The first-order chi connectivity index (χ1) is 7.16. The molecule has 1 saturated heterocycles. The van der Waals surface area contributed by atoms with Gasteiger partial charge in [-0.05, 0) is 18.6 Å². The number of piperidine rings is 1. The van der Waals surface area contributed by atoms with E-state index in [-0.39, 0.29) is 12.0 Å². The van der Waals surface area contributed by atoms with Crippen molar-refractivity contribution in [3.05, 3.63) is 29.6 Å². The Hall–Kier alpha value is -1.22. The number of Topliss-reactive ketones (excluding diaryl/α,β-unsaturated/α-hetero) is 1. The zero-order valence-corrected chi connectivity index (χ0v) is 9.16. The van der Waals surface area contributed by atoms with Crippen molar-refractivity contribution in [2.24, 2.45) is 5.92 Å². The second kappa shape index (κ2) is 4.11. The second-order valence-corrected chi connectivity index (χ2v) is 4.27. The van der Waals surface area contributed by atoms with E-state index in [2.05, 4.69) is 10.3 Å². The molecule has 1 N–H and O–H groups in total. The van der Waals surface area contributed by atoms with Gasteiger partial charge in [-0.1, -0.05) is 13.0 Å². The van der Waals surface area contributed by atoms with Crippen molar-refractivity contribution in [1.82, 2.24) is 10.3 Å². The van der Waals surface area contributed by atoms with Crippen LogP contribution in [0.15, 0.2) is 18.3 Å². The average Bonchev–Trinajstić information content (AvgIpc) is 2.23. The van der Waals surface area contributed by atoms with Crippen LogP contribution in [-0.2, 0) is 4.79 Å². The van der Waals surface area contributed by atoms with Gasteiger partial charge in [0.15, 0.2) is 0 Å². The number of nitrogens with zero attached hydrogens (tertiary/aromatic N) is 1. The number of rotatable bonds is 1. The first kappa shape index (κ1) is 10.3. The quantitative estimate of drug-likeness (QED) is 0.756. The molecule has 80 valence electrons. The molecular formula is C12H16N2O. The zero-order valence-electron chi connectivity index (χ0n) is 9.16. The third-order valence-electron chi connectivity index (χ3n) is 2.96. The highest BCUT2D eigenvalue weighted by molar-refractivity contribution is 5.82. The van der Waals surface area contributed by atoms with Gasteiger partial charge in [0.2, 0.25) is 0 Å². The highest BCUT2D eigenvalue weighted by Gasteiger charge is 2.25. The van der Waals surface area contributed by atoms with Crippen LogP contribution in [0.1, 0.15) is 30.6 Å². The summed E-state index contributed by atoms with van der Waals surface area (Å²) in [5.74, 6) is 0.499. The van der Waals surface area contributed by atoms with Crippen molar-refractivity contribution in [2.45, 2.75) is 26.3 Å². The molecule has 1 aliphatic heterocycles. The summed E-state index contributed by atoms with van der Waals surface area (Å²) in [7, 11) is 0. The van der Waals surface area contributed by atoms with Gasteiger partial charge in [-0.2, -0.15) is 0 Å². The van der Waals surface area contributed by atoms with Gasteiger partial charge in [-0.25, -0.2) is 0 Å². The van der Waals surface area contributed by atoms with E-state index in [1.807, 2.05) is 32.2 Å². The maximum atomic E-state index is 11.6. The van der Waals surface area contributed by atoms with Crippen LogP contribution in [0.5, 0.6) is 0 Å². The first-order valence-electron chi connectivity index (χ1n) is 5.35. The van der Waals surface area contributed by atoms with Gasteiger partial charge in [-0.15, -0.1) is 0 Å². The van der Waals surface area contributed by atoms with Crippen molar-refractivity contribution in [3.8, 4) is 0 Å². The molecule has 0 amide bonds. The molecule has 2 rings (SSSR count). The Morgan fingerprint density at radius 3 is 2.87 bits per heavy atom. The molecule has 0 radical (unpaired) electrons. The van der Waals surface area contributed by atoms with Crippen LogP contribution in [0.4, 0.5) is 0 Å². The molecule has 0 saturated carbocycles. The second-order valence-electron chi connectivity index (χ2n) is 4.27. The van der Waals surface area contributed by atoms with E-state index in [9.17, 15) is 4.79 Å². The summed E-state index contributed by atoms with van der Waals surface area (Å²) in [5.41, 5.74) is 2.12. The molecule has 0 spiro atoms. The van der Waals surface area contributed by atoms with E-state index in [1.165, 1.54) is 0 Å². The van der Waals surface area contributed by atoms with Crippen LogP contribution in [0.25, 0.3) is 0 Å². The van der Waals surface area contributed by atoms with Crippen LogP contribution in [0, 0.1) is 12.8 Å². The monoisotopic (exact) mass is 204 g/mol. The van der Waals surface area contributed by atoms with Gasteiger partial charge in [-0.3, -0.25) is 9.78 Å². The van der Waals surface area contributed by atoms with E-state index in [0.29, 0.717) is 12.2 Å². The van der Waals surface area contributed by atoms with Crippen LogP contribution < -0.4 is 5.32 Å². The van der Waals surface area contributed by atoms with E-state index in [4.69, 9.17) is 0 Å². The standard InChI is InChI=1S/C12H16N2O/c1-8-6-14-11(5-12(8)15)10-4-3-9(2)13-7-10/h3-4,7-8,11,14H,5-6H2,1-2H3/t8?,11-/m0/s1. The third kappa shape index (κ3) is 2.23. The lowest BCUT2D eigenvalue weighted by atomic mass is 9.91. The van der Waals surface area contributed by atoms with Crippen LogP contribution in [0.3, 0.4) is 0 Å². The van der Waals surface area contributed by atoms with Gasteiger partial charge in [0.25, 0.3) is 0 Å². The molecule has 0 aromatic carbocycles. The fourth-order valence-corrected chi connectivity index (χ4v) is 1.83. The molecule has 1 aromatic rings. The highest BCUT2D eigenvalue weighted by atomic mass is 16.1. The minimum absolute atomic E-state index is 0.152. The topological polar surface area (TPSA) is 42.0 Å². The van der Waals surface area contributed by atoms with Gasteiger partial charge in [0.05, 0.1) is 0 Å². The number of aromatic nitrogens is 1. The average molecular weight is 204 g/mol. The van der Waals surface area contributed by atoms with Crippen LogP contribution >= 0.6 is 0 Å². The fraction of sp³-hybridized carbons (Fsp3) is 0.500. The number of hydrogen-bond acceptors (Lipinski definition) is 3. The molecule has 3 heteroatoms. The van der Waals surface area contributed by atoms with Gasteiger partial charge in [0, 0.05) is 36.8 Å². The predicted molar refractivity (Wildman–Crippen MR) is 58.5 cm³/mol.